The van der Waals surface area contributed by atoms with E-state index in [1.54, 1.807) is 0 Å². The SMILES string of the molecule is CCN(Cc1ccccc1)C(=O)CNc1ccc(C)c(Cl)c1. The zero-order chi connectivity index (χ0) is 15.9. The van der Waals surface area contributed by atoms with Crippen LogP contribution in [0.25, 0.3) is 0 Å². The van der Waals surface area contributed by atoms with Crippen LogP contribution < -0.4 is 5.32 Å². The minimum absolute atomic E-state index is 0.0723. The molecule has 2 rings (SSSR count). The van der Waals surface area contributed by atoms with Gasteiger partial charge in [-0.05, 0) is 37.1 Å². The summed E-state index contributed by atoms with van der Waals surface area (Å²) >= 11 is 6.09. The lowest BCUT2D eigenvalue weighted by Gasteiger charge is -2.21. The number of likely N-dealkylation sites (N-methyl/N-ethyl adjacent to an activating group) is 1. The highest BCUT2D eigenvalue weighted by molar-refractivity contribution is 6.31. The standard InChI is InChI=1S/C18H21ClN2O/c1-3-21(13-15-7-5-4-6-8-15)18(22)12-20-16-10-9-14(2)17(19)11-16/h4-11,20H,3,12-13H2,1-2H3. The van der Waals surface area contributed by atoms with E-state index in [0.29, 0.717) is 18.1 Å². The van der Waals surface area contributed by atoms with E-state index in [9.17, 15) is 4.79 Å². The Kier molecular flexibility index (Phi) is 5.84. The van der Waals surface area contributed by atoms with E-state index < -0.39 is 0 Å². The Hall–Kier alpha value is -2.00. The van der Waals surface area contributed by atoms with Crippen LogP contribution in [-0.4, -0.2) is 23.9 Å². The molecule has 0 saturated carbocycles. The first-order valence-corrected chi connectivity index (χ1v) is 7.79. The largest absolute Gasteiger partial charge is 0.376 e. The highest BCUT2D eigenvalue weighted by atomic mass is 35.5. The van der Waals surface area contributed by atoms with Crippen LogP contribution in [0.15, 0.2) is 48.5 Å². The number of carbonyl (C=O) groups excluding carboxylic acids is 1. The van der Waals surface area contributed by atoms with Gasteiger partial charge in [-0.3, -0.25) is 4.79 Å². The number of aryl methyl sites for hydroxylation is 1. The molecule has 116 valence electrons. The average molecular weight is 317 g/mol. The fourth-order valence-corrected chi connectivity index (χ4v) is 2.35. The summed E-state index contributed by atoms with van der Waals surface area (Å²) in [6.07, 6.45) is 0. The number of benzene rings is 2. The summed E-state index contributed by atoms with van der Waals surface area (Å²) in [5.74, 6) is 0.0723. The third kappa shape index (κ3) is 4.50. The number of hydrogen-bond donors (Lipinski definition) is 1. The summed E-state index contributed by atoms with van der Waals surface area (Å²) in [7, 11) is 0. The number of hydrogen-bond acceptors (Lipinski definition) is 2. The van der Waals surface area contributed by atoms with Crippen LogP contribution in [-0.2, 0) is 11.3 Å². The number of nitrogens with zero attached hydrogens (tertiary/aromatic N) is 1. The van der Waals surface area contributed by atoms with Gasteiger partial charge in [0.1, 0.15) is 0 Å². The molecule has 0 fully saturated rings. The highest BCUT2D eigenvalue weighted by Gasteiger charge is 2.12. The van der Waals surface area contributed by atoms with E-state index in [-0.39, 0.29) is 12.5 Å². The second kappa shape index (κ2) is 7.85. The Morgan fingerprint density at radius 1 is 1.18 bits per heavy atom. The molecule has 0 aliphatic rings. The molecule has 1 N–H and O–H groups in total. The van der Waals surface area contributed by atoms with Crippen LogP contribution >= 0.6 is 11.6 Å². The number of amides is 1. The van der Waals surface area contributed by atoms with Gasteiger partial charge in [0.2, 0.25) is 5.91 Å². The molecule has 2 aromatic carbocycles. The first kappa shape index (κ1) is 16.4. The molecule has 2 aromatic rings. The van der Waals surface area contributed by atoms with Gasteiger partial charge in [-0.1, -0.05) is 48.0 Å². The molecule has 0 unspecified atom stereocenters. The molecule has 4 heteroatoms. The van der Waals surface area contributed by atoms with E-state index in [1.807, 2.05) is 67.3 Å². The molecule has 3 nitrogen and oxygen atoms in total. The van der Waals surface area contributed by atoms with Crippen LogP contribution in [0.5, 0.6) is 0 Å². The lowest BCUT2D eigenvalue weighted by molar-refractivity contribution is -0.129. The van der Waals surface area contributed by atoms with Crippen LogP contribution in [0.2, 0.25) is 5.02 Å². The molecule has 22 heavy (non-hydrogen) atoms. The zero-order valence-electron chi connectivity index (χ0n) is 13.0. The van der Waals surface area contributed by atoms with Gasteiger partial charge in [0.25, 0.3) is 0 Å². The summed E-state index contributed by atoms with van der Waals surface area (Å²) in [6, 6.07) is 15.7. The van der Waals surface area contributed by atoms with Gasteiger partial charge in [0.05, 0.1) is 6.54 Å². The molecule has 0 aromatic heterocycles. The van der Waals surface area contributed by atoms with Crippen molar-refractivity contribution in [2.75, 3.05) is 18.4 Å². The molecule has 0 atom stereocenters. The molecular formula is C18H21ClN2O. The van der Waals surface area contributed by atoms with Crippen LogP contribution in [0.3, 0.4) is 0 Å². The second-order valence-electron chi connectivity index (χ2n) is 5.21. The number of carbonyl (C=O) groups is 1. The van der Waals surface area contributed by atoms with Crippen molar-refractivity contribution in [3.8, 4) is 0 Å². The summed E-state index contributed by atoms with van der Waals surface area (Å²) < 4.78 is 0. The molecule has 0 radical (unpaired) electrons. The number of anilines is 1. The Bertz CT molecular complexity index is 628. The second-order valence-corrected chi connectivity index (χ2v) is 5.62. The van der Waals surface area contributed by atoms with Gasteiger partial charge in [0, 0.05) is 23.8 Å². The normalized spacial score (nSPS) is 10.3. The molecule has 0 heterocycles. The van der Waals surface area contributed by atoms with Crippen molar-refractivity contribution in [3.63, 3.8) is 0 Å². The van der Waals surface area contributed by atoms with Crippen LogP contribution in [0.4, 0.5) is 5.69 Å². The predicted molar refractivity (Wildman–Crippen MR) is 92.2 cm³/mol. The van der Waals surface area contributed by atoms with Crippen LogP contribution in [0, 0.1) is 6.92 Å². The first-order valence-electron chi connectivity index (χ1n) is 7.42. The van der Waals surface area contributed by atoms with E-state index in [1.165, 1.54) is 0 Å². The van der Waals surface area contributed by atoms with E-state index in [2.05, 4.69) is 5.32 Å². The Labute approximate surface area is 136 Å². The Morgan fingerprint density at radius 3 is 2.55 bits per heavy atom. The number of nitrogens with one attached hydrogen (secondary N) is 1. The van der Waals surface area contributed by atoms with Crippen molar-refractivity contribution in [1.29, 1.82) is 0 Å². The van der Waals surface area contributed by atoms with E-state index in [0.717, 1.165) is 16.8 Å². The first-order chi connectivity index (χ1) is 10.6. The minimum Gasteiger partial charge on any atom is -0.376 e. The fourth-order valence-electron chi connectivity index (χ4n) is 2.17. The number of halogens is 1. The number of rotatable bonds is 6. The third-order valence-corrected chi connectivity index (χ3v) is 3.97. The van der Waals surface area contributed by atoms with E-state index in [4.69, 9.17) is 11.6 Å². The Morgan fingerprint density at radius 2 is 1.91 bits per heavy atom. The van der Waals surface area contributed by atoms with Gasteiger partial charge in [-0.2, -0.15) is 0 Å². The highest BCUT2D eigenvalue weighted by Crippen LogP contribution is 2.19. The molecule has 0 aliphatic carbocycles. The van der Waals surface area contributed by atoms with Gasteiger partial charge < -0.3 is 10.2 Å². The topological polar surface area (TPSA) is 32.3 Å². The molecule has 0 aliphatic heterocycles. The van der Waals surface area contributed by atoms with Crippen molar-refractivity contribution >= 4 is 23.2 Å². The molecule has 1 amide bonds. The summed E-state index contributed by atoms with van der Waals surface area (Å²) in [5, 5.41) is 3.84. The van der Waals surface area contributed by atoms with E-state index >= 15 is 0 Å². The molecule has 0 bridgehead atoms. The van der Waals surface area contributed by atoms with Gasteiger partial charge in [0.15, 0.2) is 0 Å². The molecule has 0 saturated heterocycles. The van der Waals surface area contributed by atoms with Crippen LogP contribution in [0.1, 0.15) is 18.1 Å². The lowest BCUT2D eigenvalue weighted by atomic mass is 10.2. The maximum atomic E-state index is 12.3. The van der Waals surface area contributed by atoms with Crippen molar-refractivity contribution < 1.29 is 4.79 Å². The van der Waals surface area contributed by atoms with Gasteiger partial charge >= 0.3 is 0 Å². The third-order valence-electron chi connectivity index (χ3n) is 3.57. The Balaban J connectivity index is 1.93. The summed E-state index contributed by atoms with van der Waals surface area (Å²) in [6.45, 7) is 5.52. The van der Waals surface area contributed by atoms with Crippen molar-refractivity contribution in [2.45, 2.75) is 20.4 Å². The van der Waals surface area contributed by atoms with Crippen molar-refractivity contribution in [2.24, 2.45) is 0 Å². The van der Waals surface area contributed by atoms with Crippen molar-refractivity contribution in [1.82, 2.24) is 4.90 Å². The quantitative estimate of drug-likeness (QED) is 0.870. The van der Waals surface area contributed by atoms with Gasteiger partial charge in [-0.25, -0.2) is 0 Å². The molecular weight excluding hydrogens is 296 g/mol. The smallest absolute Gasteiger partial charge is 0.242 e. The van der Waals surface area contributed by atoms with Crippen molar-refractivity contribution in [3.05, 3.63) is 64.7 Å². The predicted octanol–water partition coefficient (Wildman–Crippen LogP) is 4.11. The maximum absolute atomic E-state index is 12.3. The average Bonchev–Trinajstić information content (AvgIpc) is 2.54. The summed E-state index contributed by atoms with van der Waals surface area (Å²) in [5.41, 5.74) is 3.02. The molecule has 0 spiro atoms. The zero-order valence-corrected chi connectivity index (χ0v) is 13.7. The fraction of sp³-hybridized carbons (Fsp3) is 0.278. The van der Waals surface area contributed by atoms with Gasteiger partial charge in [-0.15, -0.1) is 0 Å². The minimum atomic E-state index is 0.0723. The maximum Gasteiger partial charge on any atom is 0.242 e. The summed E-state index contributed by atoms with van der Waals surface area (Å²) in [4.78, 5) is 14.2. The lowest BCUT2D eigenvalue weighted by Crippen LogP contribution is -2.34. The monoisotopic (exact) mass is 316 g/mol.